The lowest BCUT2D eigenvalue weighted by Gasteiger charge is -2.35. The van der Waals surface area contributed by atoms with Gasteiger partial charge in [0.25, 0.3) is 0 Å². The molecule has 0 bridgehead atoms. The molecule has 148 valence electrons. The van der Waals surface area contributed by atoms with Crippen LogP contribution in [0.5, 0.6) is 0 Å². The number of carbonyl (C=O) groups excluding carboxylic acids is 1. The molecule has 3 rings (SSSR count). The molecule has 4 nitrogen and oxygen atoms in total. The van der Waals surface area contributed by atoms with Crippen LogP contribution in [0.3, 0.4) is 0 Å². The van der Waals surface area contributed by atoms with Gasteiger partial charge < -0.3 is 14.8 Å². The molecule has 27 heavy (non-hydrogen) atoms. The van der Waals surface area contributed by atoms with Crippen molar-refractivity contribution in [3.8, 4) is 0 Å². The first-order valence-electron chi connectivity index (χ1n) is 10.7. The predicted octanol–water partition coefficient (Wildman–Crippen LogP) is 4.91. The number of rotatable bonds is 9. The molecule has 1 N–H and O–H groups in total. The second-order valence-corrected chi connectivity index (χ2v) is 7.88. The highest BCUT2D eigenvalue weighted by atomic mass is 16.2. The minimum absolute atomic E-state index is 0.197. The van der Waals surface area contributed by atoms with Crippen molar-refractivity contribution in [2.45, 2.75) is 65.3 Å². The summed E-state index contributed by atoms with van der Waals surface area (Å²) in [7, 11) is 0. The minimum Gasteiger partial charge on any atom is -0.356 e. The molecule has 2 heterocycles. The SMILES string of the molecule is CCCN(CCC)CCCCC1c2[nH]c3ccccc3c2CCN1C(C)=O. The van der Waals surface area contributed by atoms with E-state index in [1.807, 2.05) is 0 Å². The number of benzene rings is 1. The van der Waals surface area contributed by atoms with Crippen molar-refractivity contribution in [1.82, 2.24) is 14.8 Å². The predicted molar refractivity (Wildman–Crippen MR) is 113 cm³/mol. The van der Waals surface area contributed by atoms with Gasteiger partial charge in [0.15, 0.2) is 0 Å². The third-order valence-corrected chi connectivity index (χ3v) is 5.84. The standard InChI is InChI=1S/C23H35N3O/c1-4-14-25(15-5-2)16-9-8-12-22-23-20(13-17-26(22)18(3)27)19-10-6-7-11-21(19)24-23/h6-7,10-11,22,24H,4-5,8-9,12-17H2,1-3H3. The van der Waals surface area contributed by atoms with Crippen molar-refractivity contribution in [2.75, 3.05) is 26.2 Å². The Morgan fingerprint density at radius 1 is 1.15 bits per heavy atom. The van der Waals surface area contributed by atoms with Crippen molar-refractivity contribution < 1.29 is 4.79 Å². The summed E-state index contributed by atoms with van der Waals surface area (Å²) in [6.45, 7) is 10.6. The van der Waals surface area contributed by atoms with Crippen LogP contribution in [0.2, 0.25) is 0 Å². The number of para-hydroxylation sites is 1. The highest BCUT2D eigenvalue weighted by molar-refractivity contribution is 5.86. The van der Waals surface area contributed by atoms with Gasteiger partial charge in [-0.2, -0.15) is 0 Å². The van der Waals surface area contributed by atoms with Crippen LogP contribution in [0.1, 0.15) is 70.2 Å². The van der Waals surface area contributed by atoms with E-state index in [0.29, 0.717) is 0 Å². The summed E-state index contributed by atoms with van der Waals surface area (Å²) in [6, 6.07) is 8.75. The maximum Gasteiger partial charge on any atom is 0.220 e. The van der Waals surface area contributed by atoms with Crippen LogP contribution in [0.4, 0.5) is 0 Å². The van der Waals surface area contributed by atoms with E-state index in [-0.39, 0.29) is 11.9 Å². The molecule has 1 aromatic carbocycles. The van der Waals surface area contributed by atoms with E-state index in [2.05, 4.69) is 52.9 Å². The lowest BCUT2D eigenvalue weighted by molar-refractivity contribution is -0.132. The molecular formula is C23H35N3O. The number of H-pyrrole nitrogens is 1. The molecule has 0 spiro atoms. The van der Waals surface area contributed by atoms with E-state index in [4.69, 9.17) is 0 Å². The third kappa shape index (κ3) is 4.55. The number of fused-ring (bicyclic) bond motifs is 3. The average molecular weight is 370 g/mol. The number of hydrogen-bond acceptors (Lipinski definition) is 2. The van der Waals surface area contributed by atoms with Gasteiger partial charge in [-0.15, -0.1) is 0 Å². The zero-order valence-electron chi connectivity index (χ0n) is 17.3. The van der Waals surface area contributed by atoms with Gasteiger partial charge in [-0.1, -0.05) is 32.0 Å². The first kappa shape index (κ1) is 19.9. The van der Waals surface area contributed by atoms with Crippen LogP contribution in [-0.4, -0.2) is 46.9 Å². The highest BCUT2D eigenvalue weighted by Crippen LogP contribution is 2.37. The van der Waals surface area contributed by atoms with E-state index in [1.165, 1.54) is 61.1 Å². The Morgan fingerprint density at radius 2 is 1.89 bits per heavy atom. The first-order chi connectivity index (χ1) is 13.2. The molecule has 0 radical (unpaired) electrons. The van der Waals surface area contributed by atoms with Gasteiger partial charge in [-0.25, -0.2) is 0 Å². The minimum atomic E-state index is 0.197. The smallest absolute Gasteiger partial charge is 0.220 e. The van der Waals surface area contributed by atoms with Crippen LogP contribution >= 0.6 is 0 Å². The Morgan fingerprint density at radius 3 is 2.59 bits per heavy atom. The second kappa shape index (κ2) is 9.41. The quantitative estimate of drug-likeness (QED) is 0.638. The van der Waals surface area contributed by atoms with E-state index in [9.17, 15) is 4.79 Å². The molecule has 1 aliphatic rings. The largest absolute Gasteiger partial charge is 0.356 e. The zero-order chi connectivity index (χ0) is 19.2. The van der Waals surface area contributed by atoms with Gasteiger partial charge in [0.1, 0.15) is 0 Å². The monoisotopic (exact) mass is 369 g/mol. The van der Waals surface area contributed by atoms with Gasteiger partial charge in [0.05, 0.1) is 6.04 Å². The number of amides is 1. The van der Waals surface area contributed by atoms with E-state index in [1.54, 1.807) is 6.92 Å². The van der Waals surface area contributed by atoms with Crippen LogP contribution in [0, 0.1) is 0 Å². The molecule has 0 fully saturated rings. The Kier molecular flexibility index (Phi) is 6.95. The fourth-order valence-corrected chi connectivity index (χ4v) is 4.64. The Labute approximate surface area is 163 Å². The van der Waals surface area contributed by atoms with Crippen molar-refractivity contribution in [3.63, 3.8) is 0 Å². The van der Waals surface area contributed by atoms with Crippen LogP contribution in [0.15, 0.2) is 24.3 Å². The summed E-state index contributed by atoms with van der Waals surface area (Å²) < 4.78 is 0. The van der Waals surface area contributed by atoms with Crippen LogP contribution < -0.4 is 0 Å². The highest BCUT2D eigenvalue weighted by Gasteiger charge is 2.31. The average Bonchev–Trinajstić information content (AvgIpc) is 3.04. The third-order valence-electron chi connectivity index (χ3n) is 5.84. The normalized spacial score (nSPS) is 16.9. The lowest BCUT2D eigenvalue weighted by atomic mass is 9.93. The van der Waals surface area contributed by atoms with E-state index in [0.717, 1.165) is 25.8 Å². The molecule has 1 aromatic heterocycles. The van der Waals surface area contributed by atoms with Gasteiger partial charge in [-0.05, 0) is 69.8 Å². The Hall–Kier alpha value is -1.81. The number of hydrogen-bond donors (Lipinski definition) is 1. The molecular weight excluding hydrogens is 334 g/mol. The number of aromatic amines is 1. The van der Waals surface area contributed by atoms with E-state index >= 15 is 0 Å². The summed E-state index contributed by atoms with van der Waals surface area (Å²) in [5, 5.41) is 1.33. The number of nitrogens with zero attached hydrogens (tertiary/aromatic N) is 2. The zero-order valence-corrected chi connectivity index (χ0v) is 17.3. The molecule has 1 aliphatic heterocycles. The summed E-state index contributed by atoms with van der Waals surface area (Å²) in [5.41, 5.74) is 3.90. The molecule has 2 aromatic rings. The molecule has 0 saturated carbocycles. The van der Waals surface area contributed by atoms with Crippen LogP contribution in [-0.2, 0) is 11.2 Å². The Bertz CT molecular complexity index is 745. The van der Waals surface area contributed by atoms with Gasteiger partial charge in [0.2, 0.25) is 5.91 Å². The number of unbranched alkanes of at least 4 members (excludes halogenated alkanes) is 1. The van der Waals surface area contributed by atoms with Gasteiger partial charge >= 0.3 is 0 Å². The van der Waals surface area contributed by atoms with Gasteiger partial charge in [0, 0.05) is 30.1 Å². The number of nitrogens with one attached hydrogen (secondary N) is 1. The van der Waals surface area contributed by atoms with Crippen LogP contribution in [0.25, 0.3) is 10.9 Å². The molecule has 1 amide bonds. The molecule has 0 aliphatic carbocycles. The number of aromatic nitrogens is 1. The first-order valence-corrected chi connectivity index (χ1v) is 10.7. The van der Waals surface area contributed by atoms with Crippen molar-refractivity contribution in [3.05, 3.63) is 35.5 Å². The summed E-state index contributed by atoms with van der Waals surface area (Å²) >= 11 is 0. The van der Waals surface area contributed by atoms with Gasteiger partial charge in [-0.3, -0.25) is 4.79 Å². The van der Waals surface area contributed by atoms with Crippen molar-refractivity contribution in [2.24, 2.45) is 0 Å². The topological polar surface area (TPSA) is 39.3 Å². The molecule has 0 saturated heterocycles. The second-order valence-electron chi connectivity index (χ2n) is 7.88. The molecule has 1 atom stereocenters. The lowest BCUT2D eigenvalue weighted by Crippen LogP contribution is -2.38. The maximum atomic E-state index is 12.2. The van der Waals surface area contributed by atoms with Crippen molar-refractivity contribution >= 4 is 16.8 Å². The summed E-state index contributed by atoms with van der Waals surface area (Å²) in [6.07, 6.45) is 6.81. The molecule has 1 unspecified atom stereocenters. The fourth-order valence-electron chi connectivity index (χ4n) is 4.64. The Balaban J connectivity index is 1.69. The summed E-state index contributed by atoms with van der Waals surface area (Å²) in [4.78, 5) is 20.5. The summed E-state index contributed by atoms with van der Waals surface area (Å²) in [5.74, 6) is 0.197. The molecule has 4 heteroatoms. The van der Waals surface area contributed by atoms with Crippen molar-refractivity contribution in [1.29, 1.82) is 0 Å². The maximum absolute atomic E-state index is 12.2. The fraction of sp³-hybridized carbons (Fsp3) is 0.609. The number of carbonyl (C=O) groups is 1. The van der Waals surface area contributed by atoms with E-state index < -0.39 is 0 Å².